The van der Waals surface area contributed by atoms with Crippen molar-refractivity contribution in [1.29, 1.82) is 0 Å². The van der Waals surface area contributed by atoms with Crippen LogP contribution in [0.25, 0.3) is 0 Å². The Bertz CT molecular complexity index is 685. The third-order valence-corrected chi connectivity index (χ3v) is 4.46. The summed E-state index contributed by atoms with van der Waals surface area (Å²) >= 11 is 5.89. The molecule has 1 aromatic rings. The van der Waals surface area contributed by atoms with E-state index in [0.29, 0.717) is 24.3 Å². The van der Waals surface area contributed by atoms with Gasteiger partial charge in [-0.3, -0.25) is 14.4 Å². The van der Waals surface area contributed by atoms with Gasteiger partial charge in [-0.15, -0.1) is 0 Å². The molecular formula is C18H21ClN2O4. The molecule has 0 unspecified atom stereocenters. The zero-order valence-corrected chi connectivity index (χ0v) is 14.8. The first-order valence-electron chi connectivity index (χ1n) is 8.29. The average molecular weight is 365 g/mol. The molecule has 1 heterocycles. The maximum Gasteiger partial charge on any atom is 0.303 e. The lowest BCUT2D eigenvalue weighted by Crippen LogP contribution is -2.37. The Labute approximate surface area is 151 Å². The lowest BCUT2D eigenvalue weighted by atomic mass is 9.96. The lowest BCUT2D eigenvalue weighted by Gasteiger charge is -2.26. The van der Waals surface area contributed by atoms with Gasteiger partial charge in [-0.05, 0) is 24.1 Å². The SMILES string of the molecule is CC[C@H](CN1N=C(c2ccc(Cl)cc2)CCC1=O)C(=O)CCC(=O)O. The highest BCUT2D eigenvalue weighted by Crippen LogP contribution is 2.20. The van der Waals surface area contributed by atoms with E-state index in [-0.39, 0.29) is 31.1 Å². The number of hydrogen-bond acceptors (Lipinski definition) is 4. The summed E-state index contributed by atoms with van der Waals surface area (Å²) in [6, 6.07) is 7.24. The van der Waals surface area contributed by atoms with Crippen molar-refractivity contribution in [2.45, 2.75) is 39.0 Å². The molecule has 0 spiro atoms. The number of benzene rings is 1. The molecule has 1 aliphatic heterocycles. The van der Waals surface area contributed by atoms with Gasteiger partial charge in [0.2, 0.25) is 5.91 Å². The number of hydrogen-bond donors (Lipinski definition) is 1. The van der Waals surface area contributed by atoms with Gasteiger partial charge >= 0.3 is 5.97 Å². The maximum atomic E-state index is 12.2. The van der Waals surface area contributed by atoms with Crippen molar-refractivity contribution in [3.05, 3.63) is 34.9 Å². The van der Waals surface area contributed by atoms with E-state index in [1.165, 1.54) is 5.01 Å². The molecule has 134 valence electrons. The lowest BCUT2D eigenvalue weighted by molar-refractivity contribution is -0.140. The number of halogens is 1. The van der Waals surface area contributed by atoms with Crippen molar-refractivity contribution >= 4 is 35.0 Å². The summed E-state index contributed by atoms with van der Waals surface area (Å²) in [6.45, 7) is 2.03. The molecule has 0 radical (unpaired) electrons. The summed E-state index contributed by atoms with van der Waals surface area (Å²) in [5.74, 6) is -1.68. The van der Waals surface area contributed by atoms with Gasteiger partial charge in [0.25, 0.3) is 0 Å². The molecular weight excluding hydrogens is 344 g/mol. The highest BCUT2D eigenvalue weighted by molar-refractivity contribution is 6.30. The predicted octanol–water partition coefficient (Wildman–Crippen LogP) is 3.13. The molecule has 1 atom stereocenters. The van der Waals surface area contributed by atoms with Crippen LogP contribution in [0.2, 0.25) is 5.02 Å². The minimum absolute atomic E-state index is 0.0242. The van der Waals surface area contributed by atoms with Gasteiger partial charge in [0, 0.05) is 30.2 Å². The summed E-state index contributed by atoms with van der Waals surface area (Å²) in [5.41, 5.74) is 1.68. The minimum Gasteiger partial charge on any atom is -0.481 e. The molecule has 0 saturated heterocycles. The van der Waals surface area contributed by atoms with Crippen molar-refractivity contribution in [2.75, 3.05) is 6.54 Å². The monoisotopic (exact) mass is 364 g/mol. The van der Waals surface area contributed by atoms with Crippen LogP contribution in [0.4, 0.5) is 0 Å². The number of Topliss-reactive ketones (excluding diaryl/α,β-unsaturated/α-hetero) is 1. The van der Waals surface area contributed by atoms with E-state index in [9.17, 15) is 14.4 Å². The van der Waals surface area contributed by atoms with E-state index in [1.54, 1.807) is 12.1 Å². The van der Waals surface area contributed by atoms with Crippen LogP contribution in [-0.2, 0) is 14.4 Å². The van der Waals surface area contributed by atoms with Gasteiger partial charge in [-0.1, -0.05) is 30.7 Å². The van der Waals surface area contributed by atoms with Crippen molar-refractivity contribution in [2.24, 2.45) is 11.0 Å². The number of nitrogens with zero attached hydrogens (tertiary/aromatic N) is 2. The molecule has 0 aliphatic carbocycles. The number of carbonyl (C=O) groups excluding carboxylic acids is 2. The van der Waals surface area contributed by atoms with Gasteiger partial charge in [0.1, 0.15) is 5.78 Å². The summed E-state index contributed by atoms with van der Waals surface area (Å²) in [5, 5.41) is 15.1. The molecule has 6 nitrogen and oxygen atoms in total. The van der Waals surface area contributed by atoms with E-state index < -0.39 is 11.9 Å². The summed E-state index contributed by atoms with van der Waals surface area (Å²) in [6.07, 6.45) is 1.20. The molecule has 0 fully saturated rings. The van der Waals surface area contributed by atoms with Crippen LogP contribution in [-0.4, -0.2) is 40.0 Å². The maximum absolute atomic E-state index is 12.2. The fourth-order valence-corrected chi connectivity index (χ4v) is 2.82. The van der Waals surface area contributed by atoms with E-state index in [1.807, 2.05) is 19.1 Å². The standard InChI is InChI=1S/C18H21ClN2O4/c1-2-12(16(22)8-10-18(24)25)11-21-17(23)9-7-15(20-21)13-3-5-14(19)6-4-13/h3-6,12H,2,7-11H2,1H3,(H,24,25)/t12-/m1/s1. The van der Waals surface area contributed by atoms with Gasteiger partial charge < -0.3 is 5.11 Å². The average Bonchev–Trinajstić information content (AvgIpc) is 2.59. The molecule has 0 saturated carbocycles. The zero-order valence-electron chi connectivity index (χ0n) is 14.1. The van der Waals surface area contributed by atoms with Crippen LogP contribution >= 0.6 is 11.6 Å². The second-order valence-corrected chi connectivity index (χ2v) is 6.43. The topological polar surface area (TPSA) is 87.0 Å². The number of hydrazone groups is 1. The van der Waals surface area contributed by atoms with Gasteiger partial charge in [0.15, 0.2) is 0 Å². The van der Waals surface area contributed by atoms with Crippen LogP contribution in [0, 0.1) is 5.92 Å². The normalized spacial score (nSPS) is 15.7. The predicted molar refractivity (Wildman–Crippen MR) is 94.6 cm³/mol. The number of ketones is 1. The number of aliphatic carboxylic acids is 1. The number of carboxylic acid groups (broad SMARTS) is 1. The minimum atomic E-state index is -1.000. The summed E-state index contributed by atoms with van der Waals surface area (Å²) in [4.78, 5) is 35.0. The van der Waals surface area contributed by atoms with Crippen LogP contribution < -0.4 is 0 Å². The fraction of sp³-hybridized carbons (Fsp3) is 0.444. The van der Waals surface area contributed by atoms with Crippen LogP contribution in [0.5, 0.6) is 0 Å². The Kier molecular flexibility index (Phi) is 6.70. The van der Waals surface area contributed by atoms with Crippen molar-refractivity contribution < 1.29 is 19.5 Å². The first kappa shape index (κ1) is 19.1. The highest BCUT2D eigenvalue weighted by atomic mass is 35.5. The number of carboxylic acids is 1. The molecule has 1 amide bonds. The number of carbonyl (C=O) groups is 3. The van der Waals surface area contributed by atoms with Crippen molar-refractivity contribution in [3.8, 4) is 0 Å². The van der Waals surface area contributed by atoms with E-state index >= 15 is 0 Å². The summed E-state index contributed by atoms with van der Waals surface area (Å²) in [7, 11) is 0. The Morgan fingerprint density at radius 3 is 2.52 bits per heavy atom. The second kappa shape index (κ2) is 8.76. The highest BCUT2D eigenvalue weighted by Gasteiger charge is 2.26. The third kappa shape index (κ3) is 5.39. The Morgan fingerprint density at radius 1 is 1.24 bits per heavy atom. The Morgan fingerprint density at radius 2 is 1.92 bits per heavy atom. The number of rotatable bonds is 8. The Balaban J connectivity index is 2.10. The van der Waals surface area contributed by atoms with Gasteiger partial charge in [0.05, 0.1) is 18.7 Å². The molecule has 1 aromatic carbocycles. The van der Waals surface area contributed by atoms with Crippen molar-refractivity contribution in [1.82, 2.24) is 5.01 Å². The number of amides is 1. The van der Waals surface area contributed by atoms with Crippen LogP contribution in [0.3, 0.4) is 0 Å². The first-order valence-corrected chi connectivity index (χ1v) is 8.66. The quantitative estimate of drug-likeness (QED) is 0.767. The molecule has 25 heavy (non-hydrogen) atoms. The van der Waals surface area contributed by atoms with Crippen LogP contribution in [0.15, 0.2) is 29.4 Å². The fourth-order valence-electron chi connectivity index (χ4n) is 2.69. The van der Waals surface area contributed by atoms with Gasteiger partial charge in [-0.25, -0.2) is 5.01 Å². The van der Waals surface area contributed by atoms with E-state index in [2.05, 4.69) is 5.10 Å². The smallest absolute Gasteiger partial charge is 0.303 e. The van der Waals surface area contributed by atoms with Gasteiger partial charge in [-0.2, -0.15) is 5.10 Å². The third-order valence-electron chi connectivity index (χ3n) is 4.21. The largest absolute Gasteiger partial charge is 0.481 e. The molecule has 0 aromatic heterocycles. The van der Waals surface area contributed by atoms with E-state index in [4.69, 9.17) is 16.7 Å². The molecule has 1 aliphatic rings. The zero-order chi connectivity index (χ0) is 18.4. The van der Waals surface area contributed by atoms with E-state index in [0.717, 1.165) is 11.3 Å². The second-order valence-electron chi connectivity index (χ2n) is 5.99. The van der Waals surface area contributed by atoms with Crippen molar-refractivity contribution in [3.63, 3.8) is 0 Å². The van der Waals surface area contributed by atoms with Crippen LogP contribution in [0.1, 0.15) is 44.6 Å². The molecule has 2 rings (SSSR count). The molecule has 7 heteroatoms. The Hall–Kier alpha value is -2.21. The summed E-state index contributed by atoms with van der Waals surface area (Å²) < 4.78 is 0. The first-order chi connectivity index (χ1) is 11.9. The molecule has 1 N–H and O–H groups in total. The molecule has 0 bridgehead atoms.